The van der Waals surface area contributed by atoms with E-state index in [1.54, 1.807) is 17.1 Å². The summed E-state index contributed by atoms with van der Waals surface area (Å²) in [6.07, 6.45) is 5.42. The fourth-order valence-electron chi connectivity index (χ4n) is 3.24. The van der Waals surface area contributed by atoms with Gasteiger partial charge in [0.05, 0.1) is 11.8 Å². The fourth-order valence-corrected chi connectivity index (χ4v) is 3.24. The highest BCUT2D eigenvalue weighted by Crippen LogP contribution is 2.22. The third-order valence-electron chi connectivity index (χ3n) is 4.49. The van der Waals surface area contributed by atoms with E-state index in [0.717, 1.165) is 43.3 Å². The molecule has 1 aliphatic heterocycles. The number of carbonyl (C=O) groups excluding carboxylic acids is 1. The number of hydrogen-bond acceptors (Lipinski definition) is 5. The molecule has 1 aliphatic rings. The molecule has 7 heteroatoms. The summed E-state index contributed by atoms with van der Waals surface area (Å²) < 4.78 is 1.65. The van der Waals surface area contributed by atoms with Crippen LogP contribution in [0.4, 0.5) is 5.82 Å². The minimum absolute atomic E-state index is 0.0185. The van der Waals surface area contributed by atoms with Crippen LogP contribution in [0.1, 0.15) is 34.7 Å². The lowest BCUT2D eigenvalue weighted by molar-refractivity contribution is 0.0717. The molecule has 1 unspecified atom stereocenters. The molecule has 0 N–H and O–H groups in total. The van der Waals surface area contributed by atoms with Crippen LogP contribution in [0, 0.1) is 13.8 Å². The monoisotopic (exact) mass is 328 g/mol. The highest BCUT2D eigenvalue weighted by molar-refractivity contribution is 5.93. The van der Waals surface area contributed by atoms with Gasteiger partial charge in [0.2, 0.25) is 0 Å². The molecule has 3 heterocycles. The third-order valence-corrected chi connectivity index (χ3v) is 4.49. The molecule has 7 nitrogen and oxygen atoms in total. The van der Waals surface area contributed by atoms with Crippen LogP contribution < -0.4 is 4.90 Å². The Hall–Kier alpha value is -2.44. The molecule has 1 amide bonds. The summed E-state index contributed by atoms with van der Waals surface area (Å²) in [5.41, 5.74) is 1.60. The number of rotatable bonds is 3. The van der Waals surface area contributed by atoms with Crippen LogP contribution in [0.5, 0.6) is 0 Å². The lowest BCUT2D eigenvalue weighted by atomic mass is 10.0. The quantitative estimate of drug-likeness (QED) is 0.855. The van der Waals surface area contributed by atoms with Crippen molar-refractivity contribution in [3.8, 4) is 0 Å². The van der Waals surface area contributed by atoms with Crippen LogP contribution in [0.3, 0.4) is 0 Å². The second-order valence-electron chi connectivity index (χ2n) is 6.48. The normalized spacial score (nSPS) is 17.8. The van der Waals surface area contributed by atoms with Crippen LogP contribution in [0.25, 0.3) is 0 Å². The average Bonchev–Trinajstić information content (AvgIpc) is 2.99. The van der Waals surface area contributed by atoms with Crippen LogP contribution >= 0.6 is 0 Å². The highest BCUT2D eigenvalue weighted by Gasteiger charge is 2.28. The van der Waals surface area contributed by atoms with Gasteiger partial charge >= 0.3 is 0 Å². The third kappa shape index (κ3) is 3.39. The summed E-state index contributed by atoms with van der Waals surface area (Å²) in [7, 11) is 3.69. The fraction of sp³-hybridized carbons (Fsp3) is 0.529. The van der Waals surface area contributed by atoms with Crippen LogP contribution in [-0.2, 0) is 7.05 Å². The lowest BCUT2D eigenvalue weighted by Crippen LogP contribution is -2.49. The van der Waals surface area contributed by atoms with Crippen molar-refractivity contribution >= 4 is 11.7 Å². The average molecular weight is 328 g/mol. The summed E-state index contributed by atoms with van der Waals surface area (Å²) in [5, 5.41) is 4.09. The number of amides is 1. The Bertz CT molecular complexity index is 720. The molecule has 1 fully saturated rings. The molecular weight excluding hydrogens is 304 g/mol. The molecule has 2 aromatic heterocycles. The van der Waals surface area contributed by atoms with Crippen molar-refractivity contribution in [2.45, 2.75) is 32.7 Å². The van der Waals surface area contributed by atoms with Gasteiger partial charge in [0.15, 0.2) is 0 Å². The molecule has 1 saturated heterocycles. The molecule has 24 heavy (non-hydrogen) atoms. The molecular formula is C17H24N6O. The van der Waals surface area contributed by atoms with Crippen molar-refractivity contribution in [1.82, 2.24) is 24.6 Å². The van der Waals surface area contributed by atoms with E-state index in [4.69, 9.17) is 0 Å². The van der Waals surface area contributed by atoms with Crippen molar-refractivity contribution in [3.05, 3.63) is 35.5 Å². The van der Waals surface area contributed by atoms with E-state index in [1.165, 1.54) is 0 Å². The summed E-state index contributed by atoms with van der Waals surface area (Å²) >= 11 is 0. The lowest BCUT2D eigenvalue weighted by Gasteiger charge is -2.38. The number of nitrogens with zero attached hydrogens (tertiary/aromatic N) is 6. The number of piperidine rings is 1. The van der Waals surface area contributed by atoms with E-state index in [1.807, 2.05) is 38.9 Å². The minimum Gasteiger partial charge on any atom is -0.354 e. The zero-order valence-corrected chi connectivity index (χ0v) is 14.7. The van der Waals surface area contributed by atoms with Gasteiger partial charge in [0.25, 0.3) is 5.91 Å². The van der Waals surface area contributed by atoms with Gasteiger partial charge in [-0.2, -0.15) is 5.10 Å². The summed E-state index contributed by atoms with van der Waals surface area (Å²) in [6, 6.07) is 2.18. The van der Waals surface area contributed by atoms with E-state index >= 15 is 0 Å². The van der Waals surface area contributed by atoms with E-state index < -0.39 is 0 Å². The number of aromatic nitrogens is 4. The van der Waals surface area contributed by atoms with Crippen molar-refractivity contribution in [2.75, 3.05) is 25.0 Å². The van der Waals surface area contributed by atoms with Gasteiger partial charge in [-0.25, -0.2) is 9.97 Å². The van der Waals surface area contributed by atoms with Crippen LogP contribution in [-0.4, -0.2) is 56.7 Å². The van der Waals surface area contributed by atoms with Gasteiger partial charge in [0, 0.05) is 51.2 Å². The molecule has 0 radical (unpaired) electrons. The summed E-state index contributed by atoms with van der Waals surface area (Å²) in [4.78, 5) is 25.6. The van der Waals surface area contributed by atoms with Gasteiger partial charge in [-0.15, -0.1) is 0 Å². The van der Waals surface area contributed by atoms with E-state index in [9.17, 15) is 4.79 Å². The number of likely N-dealkylation sites (N-methyl/N-ethyl adjacent to an activating group) is 1. The Morgan fingerprint density at radius 1 is 1.33 bits per heavy atom. The first-order valence-corrected chi connectivity index (χ1v) is 8.27. The Morgan fingerprint density at radius 3 is 2.79 bits per heavy atom. The second-order valence-corrected chi connectivity index (χ2v) is 6.48. The first-order chi connectivity index (χ1) is 11.4. The van der Waals surface area contributed by atoms with Gasteiger partial charge < -0.3 is 9.80 Å². The number of hydrogen-bond donors (Lipinski definition) is 0. The van der Waals surface area contributed by atoms with Crippen molar-refractivity contribution < 1.29 is 4.79 Å². The maximum absolute atomic E-state index is 12.6. The molecule has 2 aromatic rings. The first-order valence-electron chi connectivity index (χ1n) is 8.27. The highest BCUT2D eigenvalue weighted by atomic mass is 16.2. The molecule has 128 valence electrons. The largest absolute Gasteiger partial charge is 0.354 e. The zero-order valence-electron chi connectivity index (χ0n) is 14.7. The van der Waals surface area contributed by atoms with Gasteiger partial charge in [0.1, 0.15) is 11.6 Å². The zero-order chi connectivity index (χ0) is 17.3. The molecule has 0 bridgehead atoms. The minimum atomic E-state index is 0.0185. The smallest absolute Gasteiger partial charge is 0.257 e. The predicted octanol–water partition coefficient (Wildman–Crippen LogP) is 1.57. The summed E-state index contributed by atoms with van der Waals surface area (Å²) in [5.74, 6) is 1.75. The number of aryl methyl sites for hydroxylation is 3. The molecule has 0 aliphatic carbocycles. The molecule has 3 rings (SSSR count). The Morgan fingerprint density at radius 2 is 2.12 bits per heavy atom. The summed E-state index contributed by atoms with van der Waals surface area (Å²) in [6.45, 7) is 5.65. The van der Waals surface area contributed by atoms with E-state index in [0.29, 0.717) is 5.56 Å². The SMILES string of the molecule is Cc1cc(N2CCCC(N(C)C(=O)c3cnn(C)c3)C2)nc(C)n1. The van der Waals surface area contributed by atoms with Crippen LogP contribution in [0.15, 0.2) is 18.5 Å². The van der Waals surface area contributed by atoms with Crippen LogP contribution in [0.2, 0.25) is 0 Å². The Balaban J connectivity index is 1.74. The van der Waals surface area contributed by atoms with Gasteiger partial charge in [-0.1, -0.05) is 0 Å². The maximum atomic E-state index is 12.6. The molecule has 0 aromatic carbocycles. The second kappa shape index (κ2) is 6.59. The number of carbonyl (C=O) groups is 1. The van der Waals surface area contributed by atoms with Crippen molar-refractivity contribution in [1.29, 1.82) is 0 Å². The Kier molecular flexibility index (Phi) is 4.51. The van der Waals surface area contributed by atoms with Crippen molar-refractivity contribution in [3.63, 3.8) is 0 Å². The van der Waals surface area contributed by atoms with Crippen molar-refractivity contribution in [2.24, 2.45) is 7.05 Å². The van der Waals surface area contributed by atoms with E-state index in [2.05, 4.69) is 20.0 Å². The van der Waals surface area contributed by atoms with E-state index in [-0.39, 0.29) is 11.9 Å². The predicted molar refractivity (Wildman–Crippen MR) is 92.0 cm³/mol. The molecule has 1 atom stereocenters. The first kappa shape index (κ1) is 16.4. The van der Waals surface area contributed by atoms with Gasteiger partial charge in [-0.05, 0) is 26.7 Å². The standard InChI is InChI=1S/C17H24N6O/c1-12-8-16(20-13(2)19-12)23-7-5-6-15(11-23)22(4)17(24)14-9-18-21(3)10-14/h8-10,15H,5-7,11H2,1-4H3. The molecule has 0 spiro atoms. The number of anilines is 1. The molecule has 0 saturated carbocycles. The Labute approximate surface area is 142 Å². The maximum Gasteiger partial charge on any atom is 0.257 e. The van der Waals surface area contributed by atoms with Gasteiger partial charge in [-0.3, -0.25) is 9.48 Å². The topological polar surface area (TPSA) is 67.2 Å².